The first kappa shape index (κ1) is 9.46. The number of rotatable bonds is 0. The van der Waals surface area contributed by atoms with Crippen LogP contribution in [0.3, 0.4) is 0 Å². The summed E-state index contributed by atoms with van der Waals surface area (Å²) in [7, 11) is 0. The maximum absolute atomic E-state index is 12.5. The Morgan fingerprint density at radius 1 is 0.688 bits per heavy atom. The Hall–Kier alpha value is -1.77. The van der Waals surface area contributed by atoms with E-state index in [2.05, 4.69) is 0 Å². The Balaban J connectivity index is 2.14. The molecule has 0 saturated heterocycles. The minimum absolute atomic E-state index is 0.583. The van der Waals surface area contributed by atoms with Crippen LogP contribution in [-0.2, 0) is 6.18 Å². The van der Waals surface area contributed by atoms with E-state index in [-0.39, 0.29) is 0 Å². The zero-order valence-electron chi connectivity index (χ0n) is 8.18. The minimum Gasteiger partial charge on any atom is -0.166 e. The van der Waals surface area contributed by atoms with Crippen molar-refractivity contribution in [3.63, 3.8) is 0 Å². The number of hydrogen-bond acceptors (Lipinski definition) is 0. The topological polar surface area (TPSA) is 0 Å². The molecule has 1 aliphatic carbocycles. The van der Waals surface area contributed by atoms with Gasteiger partial charge in [-0.05, 0) is 34.4 Å². The highest BCUT2D eigenvalue weighted by molar-refractivity contribution is 6.02. The molecule has 0 saturated carbocycles. The van der Waals surface area contributed by atoms with Gasteiger partial charge in [-0.2, -0.15) is 13.2 Å². The second kappa shape index (κ2) is 2.88. The Kier molecular flexibility index (Phi) is 1.70. The Labute approximate surface area is 90.3 Å². The van der Waals surface area contributed by atoms with Gasteiger partial charge in [0.1, 0.15) is 0 Å². The van der Waals surface area contributed by atoms with Crippen molar-refractivity contribution < 1.29 is 13.2 Å². The van der Waals surface area contributed by atoms with Gasteiger partial charge in [-0.1, -0.05) is 30.3 Å². The minimum atomic E-state index is -4.26. The molecule has 2 aromatic rings. The molecule has 0 N–H and O–H groups in total. The molecule has 0 amide bonds. The van der Waals surface area contributed by atoms with E-state index in [0.717, 1.165) is 22.8 Å². The first-order valence-corrected chi connectivity index (χ1v) is 4.88. The van der Waals surface area contributed by atoms with Crippen molar-refractivity contribution in [1.29, 1.82) is 0 Å². The molecule has 0 aliphatic heterocycles. The highest BCUT2D eigenvalue weighted by Crippen LogP contribution is 2.48. The summed E-state index contributed by atoms with van der Waals surface area (Å²) in [5.74, 6) is 0. The molecule has 1 aliphatic rings. The predicted octanol–water partition coefficient (Wildman–Crippen LogP) is 4.35. The number of hydrogen-bond donors (Lipinski definition) is 0. The fourth-order valence-corrected chi connectivity index (χ4v) is 2.07. The molecule has 0 spiro atoms. The van der Waals surface area contributed by atoms with Crippen LogP contribution in [-0.4, -0.2) is 0 Å². The van der Waals surface area contributed by atoms with Crippen molar-refractivity contribution in [2.45, 2.75) is 6.18 Å². The molecule has 0 radical (unpaired) electrons. The van der Waals surface area contributed by atoms with E-state index in [1.807, 2.05) is 24.3 Å². The first-order chi connectivity index (χ1) is 7.57. The normalized spacial score (nSPS) is 12.7. The van der Waals surface area contributed by atoms with Crippen molar-refractivity contribution in [3.05, 3.63) is 48.0 Å². The van der Waals surface area contributed by atoms with E-state index < -0.39 is 11.7 Å². The molecule has 16 heavy (non-hydrogen) atoms. The number of halogens is 3. The molecule has 2 aromatic carbocycles. The SMILES string of the molecule is FC(F)(F)c1ccc2c(c1)-c1ccccc1-2. The largest absolute Gasteiger partial charge is 0.416 e. The van der Waals surface area contributed by atoms with Crippen LogP contribution in [0.15, 0.2) is 42.5 Å². The molecule has 0 bridgehead atoms. The summed E-state index contributed by atoms with van der Waals surface area (Å²) in [4.78, 5) is 0. The molecule has 0 aromatic heterocycles. The van der Waals surface area contributed by atoms with Gasteiger partial charge >= 0.3 is 6.18 Å². The van der Waals surface area contributed by atoms with Gasteiger partial charge in [0.2, 0.25) is 0 Å². The lowest BCUT2D eigenvalue weighted by Crippen LogP contribution is -2.07. The Morgan fingerprint density at radius 3 is 1.88 bits per heavy atom. The quantitative estimate of drug-likeness (QED) is 0.528. The van der Waals surface area contributed by atoms with Crippen LogP contribution < -0.4 is 0 Å². The molecule has 0 fully saturated rings. The molecule has 0 unspecified atom stereocenters. The summed E-state index contributed by atoms with van der Waals surface area (Å²) in [6.07, 6.45) is -4.26. The van der Waals surface area contributed by atoms with Crippen molar-refractivity contribution in [3.8, 4) is 22.3 Å². The molecule has 3 rings (SSSR count). The van der Waals surface area contributed by atoms with E-state index >= 15 is 0 Å². The van der Waals surface area contributed by atoms with Crippen LogP contribution in [0.5, 0.6) is 0 Å². The van der Waals surface area contributed by atoms with E-state index in [9.17, 15) is 13.2 Å². The lowest BCUT2D eigenvalue weighted by molar-refractivity contribution is -0.137. The van der Waals surface area contributed by atoms with Crippen molar-refractivity contribution in [2.75, 3.05) is 0 Å². The fraction of sp³-hybridized carbons (Fsp3) is 0.0769. The summed E-state index contributed by atoms with van der Waals surface area (Å²) >= 11 is 0. The zero-order chi connectivity index (χ0) is 11.3. The second-order valence-corrected chi connectivity index (χ2v) is 3.80. The van der Waals surface area contributed by atoms with Gasteiger partial charge in [-0.25, -0.2) is 0 Å². The van der Waals surface area contributed by atoms with Crippen LogP contribution in [0.25, 0.3) is 22.3 Å². The third kappa shape index (κ3) is 1.18. The molecular formula is C13H7F3. The van der Waals surface area contributed by atoms with Crippen molar-refractivity contribution in [1.82, 2.24) is 0 Å². The van der Waals surface area contributed by atoms with Crippen molar-refractivity contribution in [2.24, 2.45) is 0 Å². The van der Waals surface area contributed by atoms with Crippen LogP contribution in [0, 0.1) is 0 Å². The third-order valence-corrected chi connectivity index (χ3v) is 2.85. The van der Waals surface area contributed by atoms with Crippen LogP contribution in [0.2, 0.25) is 0 Å². The van der Waals surface area contributed by atoms with Gasteiger partial charge in [-0.3, -0.25) is 0 Å². The smallest absolute Gasteiger partial charge is 0.166 e. The highest BCUT2D eigenvalue weighted by Gasteiger charge is 2.33. The maximum atomic E-state index is 12.5. The molecular weight excluding hydrogens is 213 g/mol. The Morgan fingerprint density at radius 2 is 1.25 bits per heavy atom. The monoisotopic (exact) mass is 220 g/mol. The number of benzene rings is 2. The van der Waals surface area contributed by atoms with Gasteiger partial charge in [0.05, 0.1) is 5.56 Å². The summed E-state index contributed by atoms with van der Waals surface area (Å²) in [5.41, 5.74) is 2.96. The number of alkyl halides is 3. The third-order valence-electron chi connectivity index (χ3n) is 2.85. The second-order valence-electron chi connectivity index (χ2n) is 3.80. The average Bonchev–Trinajstić information content (AvgIpc) is 2.24. The van der Waals surface area contributed by atoms with E-state index in [1.54, 1.807) is 6.07 Å². The summed E-state index contributed by atoms with van der Waals surface area (Å²) in [6, 6.07) is 11.4. The summed E-state index contributed by atoms with van der Waals surface area (Å²) < 4.78 is 37.5. The Bertz CT molecular complexity index is 568. The van der Waals surface area contributed by atoms with Crippen LogP contribution in [0.4, 0.5) is 13.2 Å². The lowest BCUT2D eigenvalue weighted by Gasteiger charge is -2.24. The molecule has 0 nitrogen and oxygen atoms in total. The molecule has 0 heterocycles. The first-order valence-electron chi connectivity index (χ1n) is 4.88. The van der Waals surface area contributed by atoms with Crippen LogP contribution in [0.1, 0.15) is 5.56 Å². The summed E-state index contributed by atoms with van der Waals surface area (Å²) in [6.45, 7) is 0. The van der Waals surface area contributed by atoms with Gasteiger partial charge in [-0.15, -0.1) is 0 Å². The molecule has 80 valence electrons. The fourth-order valence-electron chi connectivity index (χ4n) is 2.07. The maximum Gasteiger partial charge on any atom is 0.416 e. The lowest BCUT2D eigenvalue weighted by atomic mass is 9.80. The standard InChI is InChI=1S/C13H7F3/c14-13(15,16)8-5-6-11-9-3-1-2-4-10(9)12(11)7-8/h1-7H. The summed E-state index contributed by atoms with van der Waals surface area (Å²) in [5, 5.41) is 0. The van der Waals surface area contributed by atoms with Gasteiger partial charge in [0.15, 0.2) is 0 Å². The average molecular weight is 220 g/mol. The predicted molar refractivity (Wildman–Crippen MR) is 55.9 cm³/mol. The van der Waals surface area contributed by atoms with E-state index in [0.29, 0.717) is 5.56 Å². The highest BCUT2D eigenvalue weighted by atomic mass is 19.4. The van der Waals surface area contributed by atoms with E-state index in [1.165, 1.54) is 6.07 Å². The number of fused-ring (bicyclic) bond motifs is 4. The molecule has 0 atom stereocenters. The molecule has 3 heteroatoms. The van der Waals surface area contributed by atoms with E-state index in [4.69, 9.17) is 0 Å². The van der Waals surface area contributed by atoms with Crippen LogP contribution >= 0.6 is 0 Å². The van der Waals surface area contributed by atoms with Gasteiger partial charge in [0, 0.05) is 0 Å². The van der Waals surface area contributed by atoms with Gasteiger partial charge < -0.3 is 0 Å². The van der Waals surface area contributed by atoms with Crippen molar-refractivity contribution >= 4 is 0 Å². The van der Waals surface area contributed by atoms with Gasteiger partial charge in [0.25, 0.3) is 0 Å². The zero-order valence-corrected chi connectivity index (χ0v) is 8.18.